The molecule has 0 spiro atoms. The minimum absolute atomic E-state index is 0.514. The summed E-state index contributed by atoms with van der Waals surface area (Å²) in [6.07, 6.45) is 3.86. The first-order chi connectivity index (χ1) is 13.2. The number of rotatable bonds is 5. The van der Waals surface area contributed by atoms with E-state index in [1.54, 1.807) is 6.20 Å². The summed E-state index contributed by atoms with van der Waals surface area (Å²) in [7, 11) is 4.25. The zero-order valence-electron chi connectivity index (χ0n) is 16.1. The smallest absolute Gasteiger partial charge is 0.234 e. The Morgan fingerprint density at radius 3 is 2.85 bits per heavy atom. The van der Waals surface area contributed by atoms with Gasteiger partial charge in [0.05, 0.1) is 24.6 Å². The van der Waals surface area contributed by atoms with Crippen LogP contribution in [0.1, 0.15) is 5.69 Å². The van der Waals surface area contributed by atoms with Gasteiger partial charge in [0, 0.05) is 50.1 Å². The Morgan fingerprint density at radius 2 is 2.04 bits per heavy atom. The lowest BCUT2D eigenvalue weighted by Gasteiger charge is -2.25. The van der Waals surface area contributed by atoms with Gasteiger partial charge in [-0.25, -0.2) is 9.97 Å². The van der Waals surface area contributed by atoms with Gasteiger partial charge in [0.2, 0.25) is 5.78 Å². The molecule has 0 bridgehead atoms. The summed E-state index contributed by atoms with van der Waals surface area (Å²) >= 11 is 0. The molecule has 6 heteroatoms. The maximum atomic E-state index is 5.86. The summed E-state index contributed by atoms with van der Waals surface area (Å²) < 4.78 is 7.98. The fraction of sp³-hybridized carbons (Fsp3) is 0.429. The van der Waals surface area contributed by atoms with Crippen molar-refractivity contribution in [3.8, 4) is 11.3 Å². The van der Waals surface area contributed by atoms with Crippen molar-refractivity contribution in [1.29, 1.82) is 0 Å². The van der Waals surface area contributed by atoms with E-state index in [2.05, 4.69) is 63.7 Å². The Labute approximate surface area is 160 Å². The first kappa shape index (κ1) is 18.1. The van der Waals surface area contributed by atoms with Crippen molar-refractivity contribution in [3.05, 3.63) is 54.5 Å². The maximum absolute atomic E-state index is 5.86. The molecule has 6 nitrogen and oxygen atoms in total. The summed E-state index contributed by atoms with van der Waals surface area (Å²) in [5, 5.41) is 0. The topological polar surface area (TPSA) is 45.9 Å². The highest BCUT2D eigenvalue weighted by Gasteiger charge is 2.22. The molecular formula is C21H27N5O. The molecule has 3 heterocycles. The molecule has 1 aliphatic heterocycles. The van der Waals surface area contributed by atoms with Crippen molar-refractivity contribution in [1.82, 2.24) is 24.2 Å². The second-order valence-electron chi connectivity index (χ2n) is 7.50. The van der Waals surface area contributed by atoms with Crippen LogP contribution in [0.15, 0.2) is 48.8 Å². The van der Waals surface area contributed by atoms with Gasteiger partial charge in [-0.1, -0.05) is 30.3 Å². The molecule has 4 rings (SSSR count). The van der Waals surface area contributed by atoms with Crippen LogP contribution in [0.5, 0.6) is 0 Å². The van der Waals surface area contributed by atoms with Crippen molar-refractivity contribution < 1.29 is 4.74 Å². The molecule has 1 saturated heterocycles. The van der Waals surface area contributed by atoms with Crippen LogP contribution in [-0.4, -0.2) is 71.1 Å². The summed E-state index contributed by atoms with van der Waals surface area (Å²) in [4.78, 5) is 14.0. The van der Waals surface area contributed by atoms with E-state index >= 15 is 0 Å². The summed E-state index contributed by atoms with van der Waals surface area (Å²) in [6.45, 7) is 5.45. The lowest BCUT2D eigenvalue weighted by molar-refractivity contribution is 0.112. The summed E-state index contributed by atoms with van der Waals surface area (Å²) in [5.41, 5.74) is 3.34. The van der Waals surface area contributed by atoms with Crippen LogP contribution >= 0.6 is 0 Å². The van der Waals surface area contributed by atoms with E-state index in [1.165, 1.54) is 5.69 Å². The van der Waals surface area contributed by atoms with Crippen LogP contribution in [-0.2, 0) is 11.3 Å². The number of hydrogen-bond donors (Lipinski definition) is 0. The predicted octanol–water partition coefficient (Wildman–Crippen LogP) is 2.41. The molecule has 3 aromatic rings. The molecule has 0 unspecified atom stereocenters. The average molecular weight is 365 g/mol. The predicted molar refractivity (Wildman–Crippen MR) is 107 cm³/mol. The van der Waals surface area contributed by atoms with Gasteiger partial charge in [-0.2, -0.15) is 0 Å². The molecule has 27 heavy (non-hydrogen) atoms. The van der Waals surface area contributed by atoms with E-state index in [-0.39, 0.29) is 0 Å². The van der Waals surface area contributed by atoms with Gasteiger partial charge >= 0.3 is 0 Å². The molecule has 0 aliphatic carbocycles. The third kappa shape index (κ3) is 4.18. The SMILES string of the molecule is CN(C)C[C@@H]1COCCN(Cc2c(-c3ccccc3)nc3ncccn23)C1. The molecule has 0 saturated carbocycles. The van der Waals surface area contributed by atoms with Crippen LogP contribution < -0.4 is 0 Å². The largest absolute Gasteiger partial charge is 0.380 e. The van der Waals surface area contributed by atoms with Gasteiger partial charge in [-0.3, -0.25) is 9.30 Å². The van der Waals surface area contributed by atoms with Gasteiger partial charge in [-0.05, 0) is 20.2 Å². The zero-order chi connectivity index (χ0) is 18.6. The number of aromatic nitrogens is 3. The monoisotopic (exact) mass is 365 g/mol. The van der Waals surface area contributed by atoms with Crippen LogP contribution in [0, 0.1) is 5.92 Å². The number of benzene rings is 1. The Hall–Kier alpha value is -2.28. The number of hydrogen-bond acceptors (Lipinski definition) is 5. The minimum atomic E-state index is 0.514. The first-order valence-corrected chi connectivity index (χ1v) is 9.53. The van der Waals surface area contributed by atoms with Crippen LogP contribution in [0.3, 0.4) is 0 Å². The van der Waals surface area contributed by atoms with E-state index in [0.29, 0.717) is 5.92 Å². The lowest BCUT2D eigenvalue weighted by Crippen LogP contribution is -2.34. The van der Waals surface area contributed by atoms with Crippen molar-refractivity contribution in [2.24, 2.45) is 5.92 Å². The van der Waals surface area contributed by atoms with Crippen molar-refractivity contribution in [3.63, 3.8) is 0 Å². The molecule has 0 radical (unpaired) electrons. The molecule has 0 N–H and O–H groups in total. The summed E-state index contributed by atoms with van der Waals surface area (Å²) in [5.74, 6) is 1.27. The van der Waals surface area contributed by atoms with Crippen molar-refractivity contribution >= 4 is 5.78 Å². The highest BCUT2D eigenvalue weighted by Crippen LogP contribution is 2.25. The molecule has 1 aromatic carbocycles. The Bertz CT molecular complexity index is 877. The van der Waals surface area contributed by atoms with Crippen LogP contribution in [0.2, 0.25) is 0 Å². The van der Waals surface area contributed by atoms with E-state index in [9.17, 15) is 0 Å². The first-order valence-electron chi connectivity index (χ1n) is 9.53. The maximum Gasteiger partial charge on any atom is 0.234 e. The number of ether oxygens (including phenoxy) is 1. The van der Waals surface area contributed by atoms with Gasteiger partial charge in [0.15, 0.2) is 0 Å². The zero-order valence-corrected chi connectivity index (χ0v) is 16.1. The van der Waals surface area contributed by atoms with Gasteiger partial charge in [-0.15, -0.1) is 0 Å². The Morgan fingerprint density at radius 1 is 1.19 bits per heavy atom. The van der Waals surface area contributed by atoms with Crippen LogP contribution in [0.25, 0.3) is 17.0 Å². The molecule has 1 fully saturated rings. The highest BCUT2D eigenvalue weighted by molar-refractivity contribution is 5.65. The van der Waals surface area contributed by atoms with Gasteiger partial charge < -0.3 is 9.64 Å². The standard InChI is InChI=1S/C21H27N5O/c1-24(2)13-17-14-25(11-12-27-16-17)15-19-20(18-7-4-3-5-8-18)23-21-22-9-6-10-26(19)21/h3-10,17H,11-16H2,1-2H3/t17-/m0/s1. The third-order valence-electron chi connectivity index (χ3n) is 4.97. The Kier molecular flexibility index (Phi) is 5.48. The number of fused-ring (bicyclic) bond motifs is 1. The fourth-order valence-corrected chi connectivity index (χ4v) is 3.85. The molecule has 1 atom stereocenters. The highest BCUT2D eigenvalue weighted by atomic mass is 16.5. The molecule has 2 aromatic heterocycles. The van der Waals surface area contributed by atoms with E-state index < -0.39 is 0 Å². The average Bonchev–Trinajstić information content (AvgIpc) is 2.88. The molecular weight excluding hydrogens is 338 g/mol. The normalized spacial score (nSPS) is 18.9. The lowest BCUT2D eigenvalue weighted by atomic mass is 10.1. The van der Waals surface area contributed by atoms with Gasteiger partial charge in [0.25, 0.3) is 0 Å². The van der Waals surface area contributed by atoms with E-state index in [0.717, 1.165) is 56.4 Å². The number of imidazole rings is 1. The van der Waals surface area contributed by atoms with Crippen molar-refractivity contribution in [2.75, 3.05) is 46.9 Å². The third-order valence-corrected chi connectivity index (χ3v) is 4.97. The quantitative estimate of drug-likeness (QED) is 0.695. The molecule has 0 amide bonds. The Balaban J connectivity index is 1.66. The fourth-order valence-electron chi connectivity index (χ4n) is 3.85. The number of nitrogens with zero attached hydrogens (tertiary/aromatic N) is 5. The molecule has 1 aliphatic rings. The summed E-state index contributed by atoms with van der Waals surface area (Å²) in [6, 6.07) is 12.4. The molecule has 142 valence electrons. The minimum Gasteiger partial charge on any atom is -0.380 e. The van der Waals surface area contributed by atoms with Crippen LogP contribution in [0.4, 0.5) is 0 Å². The second-order valence-corrected chi connectivity index (χ2v) is 7.50. The second kappa shape index (κ2) is 8.17. The van der Waals surface area contributed by atoms with Gasteiger partial charge in [0.1, 0.15) is 0 Å². The van der Waals surface area contributed by atoms with E-state index in [4.69, 9.17) is 9.72 Å². The van der Waals surface area contributed by atoms with E-state index in [1.807, 2.05) is 12.1 Å². The van der Waals surface area contributed by atoms with Crippen molar-refractivity contribution in [2.45, 2.75) is 6.54 Å².